The number of aryl methyl sites for hydroxylation is 1. The predicted molar refractivity (Wildman–Crippen MR) is 110 cm³/mol. The Morgan fingerprint density at radius 3 is 3.00 bits per heavy atom. The third kappa shape index (κ3) is 3.92. The Bertz CT molecular complexity index is 962. The fourth-order valence-electron chi connectivity index (χ4n) is 3.76. The van der Waals surface area contributed by atoms with Crippen molar-refractivity contribution in [2.24, 2.45) is 5.92 Å². The van der Waals surface area contributed by atoms with E-state index in [9.17, 15) is 10.3 Å². The monoisotopic (exact) mass is 393 g/mol. The van der Waals surface area contributed by atoms with E-state index in [0.29, 0.717) is 31.4 Å². The lowest BCUT2D eigenvalue weighted by molar-refractivity contribution is 0.0698. The summed E-state index contributed by atoms with van der Waals surface area (Å²) in [6, 6.07) is 7.91. The van der Waals surface area contributed by atoms with E-state index in [2.05, 4.69) is 26.7 Å². The van der Waals surface area contributed by atoms with Crippen LogP contribution in [-0.2, 0) is 15.0 Å². The summed E-state index contributed by atoms with van der Waals surface area (Å²) in [6.45, 7) is 6.86. The first kappa shape index (κ1) is 19.6. The van der Waals surface area contributed by atoms with Crippen molar-refractivity contribution in [2.75, 3.05) is 23.8 Å². The molecule has 0 radical (unpaired) electrons. The molecule has 8 nitrogen and oxygen atoms in total. The topological polar surface area (TPSA) is 112 Å². The normalized spacial score (nSPS) is 22.7. The third-order valence-electron chi connectivity index (χ3n) is 5.45. The van der Waals surface area contributed by atoms with Gasteiger partial charge in [-0.1, -0.05) is 6.07 Å². The number of nitrogens with one attached hydrogen (secondary N) is 2. The highest BCUT2D eigenvalue weighted by molar-refractivity contribution is 6.62. The average Bonchev–Trinajstić information content (AvgIpc) is 2.93. The van der Waals surface area contributed by atoms with Crippen LogP contribution in [-0.4, -0.2) is 41.4 Å². The zero-order valence-electron chi connectivity index (χ0n) is 16.8. The highest BCUT2D eigenvalue weighted by Crippen LogP contribution is 2.32. The molecular weight excluding hydrogens is 369 g/mol. The number of benzene rings is 1. The molecule has 0 bridgehead atoms. The maximum absolute atomic E-state index is 10.1. The van der Waals surface area contributed by atoms with Crippen molar-refractivity contribution in [3.05, 3.63) is 35.5 Å². The van der Waals surface area contributed by atoms with Gasteiger partial charge in [-0.15, -0.1) is 0 Å². The van der Waals surface area contributed by atoms with Gasteiger partial charge in [-0.05, 0) is 50.4 Å². The van der Waals surface area contributed by atoms with Gasteiger partial charge < -0.3 is 25.0 Å². The SMILES string of the molecule is Cc1cnc(Nc2ccc3c(c2)C(C)(C)OB3O)nc1N[C@@H]1COCC[C@H]1C#N. The molecule has 0 saturated carbocycles. The predicted octanol–water partition coefficient (Wildman–Crippen LogP) is 1.82. The fourth-order valence-corrected chi connectivity index (χ4v) is 3.76. The second-order valence-electron chi connectivity index (χ2n) is 7.98. The molecule has 1 aromatic carbocycles. The summed E-state index contributed by atoms with van der Waals surface area (Å²) in [5, 5.41) is 26.0. The zero-order chi connectivity index (χ0) is 20.6. The quantitative estimate of drug-likeness (QED) is 0.675. The first-order chi connectivity index (χ1) is 13.9. The second-order valence-corrected chi connectivity index (χ2v) is 7.98. The molecule has 9 heteroatoms. The lowest BCUT2D eigenvalue weighted by Crippen LogP contribution is -2.38. The van der Waals surface area contributed by atoms with Gasteiger partial charge in [0, 0.05) is 24.1 Å². The van der Waals surface area contributed by atoms with Gasteiger partial charge in [-0.2, -0.15) is 10.2 Å². The maximum atomic E-state index is 10.1. The van der Waals surface area contributed by atoms with E-state index in [-0.39, 0.29) is 12.0 Å². The minimum atomic E-state index is -0.911. The number of rotatable bonds is 4. The Hall–Kier alpha value is -2.67. The van der Waals surface area contributed by atoms with Crippen LogP contribution in [0.4, 0.5) is 17.5 Å². The molecule has 1 fully saturated rings. The number of aromatic nitrogens is 2. The number of nitriles is 1. The number of anilines is 3. The van der Waals surface area contributed by atoms with Gasteiger partial charge in [0.1, 0.15) is 5.82 Å². The van der Waals surface area contributed by atoms with E-state index in [1.807, 2.05) is 39.0 Å². The summed E-state index contributed by atoms with van der Waals surface area (Å²) in [5.41, 5.74) is 2.83. The summed E-state index contributed by atoms with van der Waals surface area (Å²) < 4.78 is 11.1. The summed E-state index contributed by atoms with van der Waals surface area (Å²) in [7, 11) is -0.911. The minimum Gasteiger partial charge on any atom is -0.423 e. The molecule has 4 rings (SSSR count). The van der Waals surface area contributed by atoms with Gasteiger partial charge in [0.25, 0.3) is 0 Å². The smallest absolute Gasteiger partial charge is 0.423 e. The molecule has 0 amide bonds. The Labute approximate surface area is 170 Å². The largest absolute Gasteiger partial charge is 0.492 e. The standard InChI is InChI=1S/C20H24BN5O3/c1-12-10-23-19(26-18(12)25-17-11-28-7-6-13(17)9-22)24-14-4-5-16-15(8-14)20(2,3)29-21(16)27/h4-5,8,10,13,17,27H,6-7,11H2,1-3H3,(H2,23,24,25,26)/t13-,17+/m0/s1. The Morgan fingerprint density at radius 2 is 2.21 bits per heavy atom. The molecular formula is C20H24BN5O3. The van der Waals surface area contributed by atoms with E-state index in [1.165, 1.54) is 0 Å². The molecule has 1 aromatic heterocycles. The van der Waals surface area contributed by atoms with Crippen molar-refractivity contribution >= 4 is 30.0 Å². The molecule has 3 N–H and O–H groups in total. The molecule has 150 valence electrons. The van der Waals surface area contributed by atoms with Crippen LogP contribution in [0.15, 0.2) is 24.4 Å². The lowest BCUT2D eigenvalue weighted by Gasteiger charge is -2.28. The average molecular weight is 393 g/mol. The van der Waals surface area contributed by atoms with Crippen molar-refractivity contribution in [3.63, 3.8) is 0 Å². The van der Waals surface area contributed by atoms with Crippen molar-refractivity contribution in [1.82, 2.24) is 9.97 Å². The van der Waals surface area contributed by atoms with Crippen LogP contribution in [0, 0.1) is 24.2 Å². The van der Waals surface area contributed by atoms with Crippen LogP contribution in [0.25, 0.3) is 0 Å². The van der Waals surface area contributed by atoms with Crippen LogP contribution in [0.5, 0.6) is 0 Å². The van der Waals surface area contributed by atoms with Crippen LogP contribution < -0.4 is 16.1 Å². The molecule has 0 unspecified atom stereocenters. The van der Waals surface area contributed by atoms with Crippen LogP contribution in [0.2, 0.25) is 0 Å². The zero-order valence-corrected chi connectivity index (χ0v) is 16.8. The molecule has 0 spiro atoms. The van der Waals surface area contributed by atoms with Crippen LogP contribution in [0.3, 0.4) is 0 Å². The third-order valence-corrected chi connectivity index (χ3v) is 5.45. The number of hydrogen-bond acceptors (Lipinski definition) is 8. The van der Waals surface area contributed by atoms with Crippen LogP contribution in [0.1, 0.15) is 31.4 Å². The summed E-state index contributed by atoms with van der Waals surface area (Å²) in [6.07, 6.45) is 2.45. The summed E-state index contributed by atoms with van der Waals surface area (Å²) >= 11 is 0. The van der Waals surface area contributed by atoms with Crippen molar-refractivity contribution in [2.45, 2.75) is 38.8 Å². The highest BCUT2D eigenvalue weighted by atomic mass is 16.5. The van der Waals surface area contributed by atoms with Gasteiger partial charge in [-0.25, -0.2) is 4.98 Å². The van der Waals surface area contributed by atoms with Crippen molar-refractivity contribution in [1.29, 1.82) is 5.26 Å². The number of hydrogen-bond donors (Lipinski definition) is 3. The first-order valence-corrected chi connectivity index (χ1v) is 9.72. The fraction of sp³-hybridized carbons (Fsp3) is 0.450. The molecule has 2 aromatic rings. The number of fused-ring (bicyclic) bond motifs is 1. The van der Waals surface area contributed by atoms with Crippen molar-refractivity contribution in [3.8, 4) is 6.07 Å². The van der Waals surface area contributed by atoms with E-state index < -0.39 is 12.7 Å². The van der Waals surface area contributed by atoms with Gasteiger partial charge in [0.15, 0.2) is 0 Å². The van der Waals surface area contributed by atoms with Gasteiger partial charge in [0.2, 0.25) is 5.95 Å². The maximum Gasteiger partial charge on any atom is 0.492 e. The molecule has 1 saturated heterocycles. The Balaban J connectivity index is 1.55. The van der Waals surface area contributed by atoms with Gasteiger partial charge in [0.05, 0.1) is 30.2 Å². The van der Waals surface area contributed by atoms with Crippen LogP contribution >= 0.6 is 0 Å². The van der Waals surface area contributed by atoms with E-state index in [0.717, 1.165) is 22.3 Å². The lowest BCUT2D eigenvalue weighted by atomic mass is 9.78. The minimum absolute atomic E-state index is 0.102. The van der Waals surface area contributed by atoms with E-state index >= 15 is 0 Å². The highest BCUT2D eigenvalue weighted by Gasteiger charge is 2.40. The van der Waals surface area contributed by atoms with Crippen molar-refractivity contribution < 1.29 is 14.4 Å². The number of nitrogens with zero attached hydrogens (tertiary/aromatic N) is 3. The molecule has 29 heavy (non-hydrogen) atoms. The summed E-state index contributed by atoms with van der Waals surface area (Å²) in [4.78, 5) is 8.97. The molecule has 0 aliphatic carbocycles. The summed E-state index contributed by atoms with van der Waals surface area (Å²) in [5.74, 6) is 1.01. The van der Waals surface area contributed by atoms with E-state index in [4.69, 9.17) is 9.39 Å². The Kier molecular flexibility index (Phi) is 5.17. The first-order valence-electron chi connectivity index (χ1n) is 9.72. The number of ether oxygens (including phenoxy) is 1. The Morgan fingerprint density at radius 1 is 1.38 bits per heavy atom. The molecule has 3 heterocycles. The molecule has 2 atom stereocenters. The molecule has 2 aliphatic heterocycles. The van der Waals surface area contributed by atoms with Gasteiger partial charge >= 0.3 is 7.12 Å². The van der Waals surface area contributed by atoms with Gasteiger partial charge in [-0.3, -0.25) is 0 Å². The van der Waals surface area contributed by atoms with E-state index in [1.54, 1.807) is 6.20 Å². The molecule has 2 aliphatic rings. The second kappa shape index (κ2) is 7.63.